The van der Waals surface area contributed by atoms with Crippen molar-refractivity contribution < 1.29 is 22.0 Å². The summed E-state index contributed by atoms with van der Waals surface area (Å²) in [5.74, 6) is 0.963. The van der Waals surface area contributed by atoms with Gasteiger partial charge < -0.3 is 19.1 Å². The quantitative estimate of drug-likeness (QED) is 0.511. The zero-order chi connectivity index (χ0) is 23.4. The van der Waals surface area contributed by atoms with E-state index in [9.17, 15) is 18.5 Å². The predicted octanol–water partition coefficient (Wildman–Crippen LogP) is 0.892. The van der Waals surface area contributed by atoms with Crippen LogP contribution in [-0.4, -0.2) is 56.9 Å². The smallest absolute Gasteiger partial charge is 0.266 e. The molecule has 0 saturated carbocycles. The first-order chi connectivity index (χ1) is 15.8. The van der Waals surface area contributed by atoms with Crippen molar-refractivity contribution in [3.63, 3.8) is 0 Å². The van der Waals surface area contributed by atoms with Crippen LogP contribution in [0.15, 0.2) is 56.4 Å². The Morgan fingerprint density at radius 2 is 1.91 bits per heavy atom. The van der Waals surface area contributed by atoms with E-state index in [4.69, 9.17) is 14.0 Å². The van der Waals surface area contributed by atoms with Gasteiger partial charge in [0.2, 0.25) is 27.5 Å². The summed E-state index contributed by atoms with van der Waals surface area (Å²) < 4.78 is 33.7. The first-order valence-corrected chi connectivity index (χ1v) is 11.7. The lowest BCUT2D eigenvalue weighted by Gasteiger charge is -2.34. The molecule has 0 aliphatic carbocycles. The van der Waals surface area contributed by atoms with Crippen molar-refractivity contribution in [3.05, 3.63) is 53.9 Å². The largest absolute Gasteiger partial charge is 0.459 e. The highest BCUT2D eigenvalue weighted by molar-refractivity contribution is 7.89. The van der Waals surface area contributed by atoms with Gasteiger partial charge in [-0.25, -0.2) is 13.6 Å². The average Bonchev–Trinajstić information content (AvgIpc) is 3.48. The summed E-state index contributed by atoms with van der Waals surface area (Å²) in [5.41, 5.74) is 0.961. The zero-order valence-electron chi connectivity index (χ0n) is 17.6. The van der Waals surface area contributed by atoms with Crippen LogP contribution in [0.25, 0.3) is 11.7 Å². The lowest BCUT2D eigenvalue weighted by molar-refractivity contribution is -0.122. The first-order valence-electron chi connectivity index (χ1n) is 10.1. The number of carbonyl (C=O) groups excluding carboxylic acids is 1. The average molecular weight is 471 g/mol. The van der Waals surface area contributed by atoms with Crippen LogP contribution < -0.4 is 15.4 Å². The van der Waals surface area contributed by atoms with Gasteiger partial charge in [-0.05, 0) is 29.8 Å². The molecule has 0 radical (unpaired) electrons. The number of nitrogens with one attached hydrogen (secondary N) is 1. The second-order valence-corrected chi connectivity index (χ2v) is 9.05. The molecule has 0 atom stereocenters. The van der Waals surface area contributed by atoms with Gasteiger partial charge in [-0.2, -0.15) is 10.2 Å². The normalized spacial score (nSPS) is 14.7. The van der Waals surface area contributed by atoms with Gasteiger partial charge in [0.25, 0.3) is 5.89 Å². The minimum absolute atomic E-state index is 0.0260. The molecule has 3 N–H and O–H groups in total. The topological polar surface area (TPSA) is 159 Å². The Bertz CT molecular complexity index is 1250. The standard InChI is InChI=1S/C21H22N6O5S/c22-12-17-21(32-20(25-17)18-2-1-11-31-18)27-9-7-26(8-10-27)14-19(28)24-13-15-3-5-16(6-4-15)33(23,29)30/h1-6,11H,7-10,13-14H2,(H,24,28)(H2,23,29,30). The fraction of sp³-hybridized carbons (Fsp3) is 0.286. The molecule has 0 unspecified atom stereocenters. The Hall–Kier alpha value is -3.66. The molecular weight excluding hydrogens is 448 g/mol. The van der Waals surface area contributed by atoms with Gasteiger partial charge in [0.15, 0.2) is 5.76 Å². The number of primary sulfonamides is 1. The highest BCUT2D eigenvalue weighted by Crippen LogP contribution is 2.29. The molecule has 3 aromatic rings. The van der Waals surface area contributed by atoms with E-state index in [1.165, 1.54) is 18.4 Å². The Labute approximate surface area is 190 Å². The number of aromatic nitrogens is 1. The van der Waals surface area contributed by atoms with Gasteiger partial charge in [0.1, 0.15) is 6.07 Å². The SMILES string of the molecule is N#Cc1nc(-c2ccco2)oc1N1CCN(CC(=O)NCc2ccc(S(N)(=O)=O)cc2)CC1. The van der Waals surface area contributed by atoms with E-state index in [0.29, 0.717) is 37.8 Å². The van der Waals surface area contributed by atoms with Crippen molar-refractivity contribution in [2.24, 2.45) is 5.14 Å². The third-order valence-corrected chi connectivity index (χ3v) is 6.14. The minimum atomic E-state index is -3.74. The van der Waals surface area contributed by atoms with Crippen molar-refractivity contribution in [1.29, 1.82) is 5.26 Å². The van der Waals surface area contributed by atoms with Crippen LogP contribution in [0.2, 0.25) is 0 Å². The van der Waals surface area contributed by atoms with E-state index < -0.39 is 10.0 Å². The lowest BCUT2D eigenvalue weighted by Crippen LogP contribution is -2.49. The van der Waals surface area contributed by atoms with Crippen molar-refractivity contribution in [3.8, 4) is 17.7 Å². The van der Waals surface area contributed by atoms with E-state index in [2.05, 4.69) is 16.4 Å². The third kappa shape index (κ3) is 5.40. The number of anilines is 1. The second kappa shape index (κ2) is 9.45. The molecule has 2 aromatic heterocycles. The van der Waals surface area contributed by atoms with Gasteiger partial charge >= 0.3 is 0 Å². The number of oxazole rings is 1. The third-order valence-electron chi connectivity index (χ3n) is 5.22. The second-order valence-electron chi connectivity index (χ2n) is 7.49. The molecule has 1 amide bonds. The number of hydrogen-bond donors (Lipinski definition) is 2. The van der Waals surface area contributed by atoms with Gasteiger partial charge in [0.05, 0.1) is 17.7 Å². The molecule has 12 heteroatoms. The summed E-state index contributed by atoms with van der Waals surface area (Å²) in [6.45, 7) is 2.87. The number of nitriles is 1. The van der Waals surface area contributed by atoms with Gasteiger partial charge in [-0.3, -0.25) is 9.69 Å². The van der Waals surface area contributed by atoms with Crippen LogP contribution in [-0.2, 0) is 21.4 Å². The molecule has 4 rings (SSSR count). The van der Waals surface area contributed by atoms with E-state index >= 15 is 0 Å². The monoisotopic (exact) mass is 470 g/mol. The molecule has 11 nitrogen and oxygen atoms in total. The van der Waals surface area contributed by atoms with Crippen molar-refractivity contribution in [2.45, 2.75) is 11.4 Å². The molecule has 1 fully saturated rings. The number of rotatable bonds is 7. The Balaban J connectivity index is 1.27. The summed E-state index contributed by atoms with van der Waals surface area (Å²) in [5, 5.41) is 17.3. The molecule has 172 valence electrons. The van der Waals surface area contributed by atoms with E-state index in [1.807, 2.05) is 9.80 Å². The number of hydrogen-bond acceptors (Lipinski definition) is 9. The summed E-state index contributed by atoms with van der Waals surface area (Å²) >= 11 is 0. The molecular formula is C21H22N6O5S. The number of furan rings is 1. The highest BCUT2D eigenvalue weighted by atomic mass is 32.2. The number of sulfonamides is 1. The minimum Gasteiger partial charge on any atom is -0.459 e. The Morgan fingerprint density at radius 1 is 1.18 bits per heavy atom. The molecule has 3 heterocycles. The number of piperazine rings is 1. The molecule has 33 heavy (non-hydrogen) atoms. The first kappa shape index (κ1) is 22.5. The van der Waals surface area contributed by atoms with Crippen LogP contribution >= 0.6 is 0 Å². The fourth-order valence-electron chi connectivity index (χ4n) is 3.47. The van der Waals surface area contributed by atoms with Crippen molar-refractivity contribution in [1.82, 2.24) is 15.2 Å². The Kier molecular flexibility index (Phi) is 6.45. The van der Waals surface area contributed by atoms with E-state index in [1.54, 1.807) is 24.3 Å². The van der Waals surface area contributed by atoms with Gasteiger partial charge in [0, 0.05) is 32.7 Å². The molecule has 1 saturated heterocycles. The number of amides is 1. The maximum atomic E-state index is 12.3. The van der Waals surface area contributed by atoms with Crippen molar-refractivity contribution in [2.75, 3.05) is 37.6 Å². The highest BCUT2D eigenvalue weighted by Gasteiger charge is 2.26. The lowest BCUT2D eigenvalue weighted by atomic mass is 10.2. The molecule has 1 aliphatic heterocycles. The van der Waals surface area contributed by atoms with Crippen LogP contribution in [0.1, 0.15) is 11.3 Å². The molecule has 1 aromatic carbocycles. The summed E-state index contributed by atoms with van der Waals surface area (Å²) in [4.78, 5) is 20.5. The maximum Gasteiger partial charge on any atom is 0.266 e. The number of benzene rings is 1. The van der Waals surface area contributed by atoms with Crippen LogP contribution in [0, 0.1) is 11.3 Å². The maximum absolute atomic E-state index is 12.3. The van der Waals surface area contributed by atoms with Gasteiger partial charge in [-0.1, -0.05) is 12.1 Å². The predicted molar refractivity (Wildman–Crippen MR) is 117 cm³/mol. The fourth-order valence-corrected chi connectivity index (χ4v) is 3.99. The van der Waals surface area contributed by atoms with Crippen molar-refractivity contribution >= 4 is 21.8 Å². The Morgan fingerprint density at radius 3 is 2.52 bits per heavy atom. The number of carbonyl (C=O) groups is 1. The van der Waals surface area contributed by atoms with E-state index in [0.717, 1.165) is 5.56 Å². The summed E-state index contributed by atoms with van der Waals surface area (Å²) in [6.07, 6.45) is 1.51. The van der Waals surface area contributed by atoms with Crippen LogP contribution in [0.5, 0.6) is 0 Å². The molecule has 0 bridgehead atoms. The molecule has 0 spiro atoms. The van der Waals surface area contributed by atoms with Crippen LogP contribution in [0.3, 0.4) is 0 Å². The zero-order valence-corrected chi connectivity index (χ0v) is 18.4. The molecule has 1 aliphatic rings. The van der Waals surface area contributed by atoms with Crippen LogP contribution in [0.4, 0.5) is 5.88 Å². The summed E-state index contributed by atoms with van der Waals surface area (Å²) in [6, 6.07) is 11.5. The summed E-state index contributed by atoms with van der Waals surface area (Å²) in [7, 11) is -3.74. The number of nitrogens with zero attached hydrogens (tertiary/aromatic N) is 4. The van der Waals surface area contributed by atoms with Gasteiger partial charge in [-0.15, -0.1) is 0 Å². The van der Waals surface area contributed by atoms with E-state index in [-0.39, 0.29) is 35.5 Å². The number of nitrogens with two attached hydrogens (primary N) is 1.